The van der Waals surface area contributed by atoms with Crippen LogP contribution in [0.1, 0.15) is 91.6 Å². The van der Waals surface area contributed by atoms with Crippen molar-refractivity contribution >= 4 is 23.9 Å². The lowest BCUT2D eigenvalue weighted by molar-refractivity contribution is -0.122. The Morgan fingerprint density at radius 1 is 0.792 bits per heavy atom. The summed E-state index contributed by atoms with van der Waals surface area (Å²) in [6.07, 6.45) is 4.38. The first kappa shape index (κ1) is 33.2. The standard InChI is InChI=1S/C37H46N6O5/c1-35(2,3)47-33(45)42-20-8-10-28(42)30-38-22-27(39-30)25-14-12-23(13-15-25)24-16-18-26(19-17-24)37(7)32(44)40-31(41-37)29-11-9-21-43(29)34(46)48-36(4,5)6/h12-19,22,28-29H,8-11,20-21H2,1-7H3,(H,38,39)(H,40,41,44)/t28-,29-,37?/m0/s1. The fourth-order valence-electron chi connectivity index (χ4n) is 6.58. The van der Waals surface area contributed by atoms with E-state index in [2.05, 4.69) is 32.4 Å². The number of aromatic amines is 1. The van der Waals surface area contributed by atoms with E-state index in [1.165, 1.54) is 0 Å². The Hall–Kier alpha value is -4.67. The number of amides is 3. The van der Waals surface area contributed by atoms with Gasteiger partial charge in [-0.25, -0.2) is 14.6 Å². The third kappa shape index (κ3) is 6.81. The van der Waals surface area contributed by atoms with E-state index in [9.17, 15) is 14.4 Å². The number of rotatable bonds is 5. The zero-order valence-corrected chi connectivity index (χ0v) is 28.9. The van der Waals surface area contributed by atoms with E-state index in [4.69, 9.17) is 9.47 Å². The summed E-state index contributed by atoms with van der Waals surface area (Å²) in [7, 11) is 0. The van der Waals surface area contributed by atoms with Crippen molar-refractivity contribution in [2.75, 3.05) is 13.1 Å². The van der Waals surface area contributed by atoms with Crippen LogP contribution in [0.4, 0.5) is 9.59 Å². The van der Waals surface area contributed by atoms with Gasteiger partial charge in [-0.2, -0.15) is 4.99 Å². The van der Waals surface area contributed by atoms with E-state index in [1.54, 1.807) is 9.80 Å². The van der Waals surface area contributed by atoms with Crippen molar-refractivity contribution in [2.24, 2.45) is 4.99 Å². The minimum absolute atomic E-state index is 0.141. The largest absolute Gasteiger partial charge is 0.444 e. The van der Waals surface area contributed by atoms with Gasteiger partial charge in [0.25, 0.3) is 5.91 Å². The van der Waals surface area contributed by atoms with Crippen LogP contribution in [0.2, 0.25) is 0 Å². The van der Waals surface area contributed by atoms with Gasteiger partial charge in [0.15, 0.2) is 0 Å². The Morgan fingerprint density at radius 3 is 1.85 bits per heavy atom. The van der Waals surface area contributed by atoms with Crippen LogP contribution in [-0.4, -0.2) is 74.0 Å². The lowest BCUT2D eigenvalue weighted by atomic mass is 9.90. The Kier molecular flexibility index (Phi) is 8.59. The average molecular weight is 655 g/mol. The van der Waals surface area contributed by atoms with Gasteiger partial charge in [0.1, 0.15) is 28.4 Å². The number of carbonyl (C=O) groups is 3. The van der Waals surface area contributed by atoms with Crippen molar-refractivity contribution in [2.45, 2.75) is 103 Å². The molecule has 0 aliphatic carbocycles. The van der Waals surface area contributed by atoms with Gasteiger partial charge >= 0.3 is 12.2 Å². The molecule has 2 aromatic carbocycles. The summed E-state index contributed by atoms with van der Waals surface area (Å²) in [5, 5.41) is 3.36. The Bertz CT molecular complexity index is 1720. The zero-order chi connectivity index (χ0) is 34.4. The summed E-state index contributed by atoms with van der Waals surface area (Å²) in [4.78, 5) is 54.8. The summed E-state index contributed by atoms with van der Waals surface area (Å²) in [5.41, 5.74) is 2.52. The van der Waals surface area contributed by atoms with Crippen molar-refractivity contribution in [1.82, 2.24) is 25.1 Å². The summed E-state index contributed by atoms with van der Waals surface area (Å²) in [5.74, 6) is 0.989. The molecule has 2 N–H and O–H groups in total. The second-order valence-corrected chi connectivity index (χ2v) is 15.1. The van der Waals surface area contributed by atoms with E-state index in [0.29, 0.717) is 25.3 Å². The van der Waals surface area contributed by atoms with Gasteiger partial charge in [0.05, 0.1) is 24.0 Å². The Balaban J connectivity index is 1.12. The number of H-pyrrole nitrogens is 1. The Labute approximate surface area is 282 Å². The summed E-state index contributed by atoms with van der Waals surface area (Å²) in [6, 6.07) is 15.6. The number of hydrogen-bond acceptors (Lipinski definition) is 7. The first-order valence-electron chi connectivity index (χ1n) is 16.8. The van der Waals surface area contributed by atoms with Crippen LogP contribution >= 0.6 is 0 Å². The molecule has 254 valence electrons. The molecule has 3 atom stereocenters. The third-order valence-electron chi connectivity index (χ3n) is 9.01. The molecule has 1 aromatic heterocycles. The SMILES string of the molecule is CC(C)(C)OC(=O)N1CCC[C@H]1C1=NC(=O)C(C)(c2ccc(-c3ccc(-c4cnc([C@@H]5CCCN5C(=O)OC(C)(C)C)[nH]4)cc3)cc2)N1. The number of nitrogens with zero attached hydrogens (tertiary/aromatic N) is 4. The molecule has 0 bridgehead atoms. The van der Waals surface area contributed by atoms with E-state index >= 15 is 0 Å². The maximum Gasteiger partial charge on any atom is 0.410 e. The normalized spacial score (nSPS) is 22.9. The fourth-order valence-corrected chi connectivity index (χ4v) is 6.58. The minimum atomic E-state index is -1.03. The number of hydrogen-bond donors (Lipinski definition) is 2. The summed E-state index contributed by atoms with van der Waals surface area (Å²) in [6.45, 7) is 14.2. The van der Waals surface area contributed by atoms with Crippen molar-refractivity contribution in [3.8, 4) is 22.4 Å². The first-order valence-corrected chi connectivity index (χ1v) is 16.8. The number of aromatic nitrogens is 2. The summed E-state index contributed by atoms with van der Waals surface area (Å²) < 4.78 is 11.2. The highest BCUT2D eigenvalue weighted by Gasteiger charge is 2.46. The fraction of sp³-hybridized carbons (Fsp3) is 0.486. The highest BCUT2D eigenvalue weighted by molar-refractivity contribution is 6.09. The molecule has 4 heterocycles. The van der Waals surface area contributed by atoms with Crippen LogP contribution in [0, 0.1) is 0 Å². The lowest BCUT2D eigenvalue weighted by Crippen LogP contribution is -2.50. The van der Waals surface area contributed by atoms with Crippen LogP contribution in [0.25, 0.3) is 22.4 Å². The number of nitrogens with one attached hydrogen (secondary N) is 2. The molecule has 0 spiro atoms. The minimum Gasteiger partial charge on any atom is -0.444 e. The zero-order valence-electron chi connectivity index (χ0n) is 28.9. The molecule has 0 saturated carbocycles. The number of amidine groups is 1. The van der Waals surface area contributed by atoms with Crippen LogP contribution in [0.15, 0.2) is 59.7 Å². The first-order chi connectivity index (χ1) is 22.6. The molecule has 3 aliphatic rings. The van der Waals surface area contributed by atoms with Crippen molar-refractivity contribution < 1.29 is 23.9 Å². The molecular formula is C37H46N6O5. The molecule has 3 aliphatic heterocycles. The number of benzene rings is 2. The number of aliphatic imine (C=N–C) groups is 1. The highest BCUT2D eigenvalue weighted by Crippen LogP contribution is 2.35. The van der Waals surface area contributed by atoms with Crippen molar-refractivity contribution in [3.05, 3.63) is 66.1 Å². The molecule has 2 saturated heterocycles. The van der Waals surface area contributed by atoms with E-state index in [1.807, 2.05) is 91.1 Å². The predicted octanol–water partition coefficient (Wildman–Crippen LogP) is 6.96. The van der Waals surface area contributed by atoms with Gasteiger partial charge in [-0.05, 0) is 96.4 Å². The van der Waals surface area contributed by atoms with Crippen LogP contribution < -0.4 is 5.32 Å². The molecule has 48 heavy (non-hydrogen) atoms. The van der Waals surface area contributed by atoms with Gasteiger partial charge < -0.3 is 19.8 Å². The van der Waals surface area contributed by atoms with Crippen LogP contribution in [0.3, 0.4) is 0 Å². The maximum absolute atomic E-state index is 13.3. The molecule has 1 unspecified atom stereocenters. The van der Waals surface area contributed by atoms with Crippen molar-refractivity contribution in [3.63, 3.8) is 0 Å². The van der Waals surface area contributed by atoms with Gasteiger partial charge in [0, 0.05) is 13.1 Å². The van der Waals surface area contributed by atoms with Gasteiger partial charge in [0.2, 0.25) is 0 Å². The predicted molar refractivity (Wildman–Crippen MR) is 183 cm³/mol. The highest BCUT2D eigenvalue weighted by atomic mass is 16.6. The molecule has 6 rings (SSSR count). The number of ether oxygens (including phenoxy) is 2. The second-order valence-electron chi connectivity index (χ2n) is 15.1. The second kappa shape index (κ2) is 12.4. The summed E-state index contributed by atoms with van der Waals surface area (Å²) >= 11 is 0. The molecule has 2 fully saturated rings. The average Bonchev–Trinajstić information content (AvgIpc) is 3.82. The van der Waals surface area contributed by atoms with Crippen LogP contribution in [-0.2, 0) is 19.8 Å². The third-order valence-corrected chi connectivity index (χ3v) is 9.01. The monoisotopic (exact) mass is 654 g/mol. The lowest BCUT2D eigenvalue weighted by Gasteiger charge is -2.30. The van der Waals surface area contributed by atoms with E-state index in [-0.39, 0.29) is 24.1 Å². The quantitative estimate of drug-likeness (QED) is 0.304. The van der Waals surface area contributed by atoms with Crippen LogP contribution in [0.5, 0.6) is 0 Å². The maximum atomic E-state index is 13.3. The van der Waals surface area contributed by atoms with Gasteiger partial charge in [-0.1, -0.05) is 48.5 Å². The number of imidazole rings is 1. The van der Waals surface area contributed by atoms with Crippen molar-refractivity contribution in [1.29, 1.82) is 0 Å². The molecule has 0 radical (unpaired) electrons. The molecule has 3 amide bonds. The molecular weight excluding hydrogens is 608 g/mol. The Morgan fingerprint density at radius 2 is 1.29 bits per heavy atom. The smallest absolute Gasteiger partial charge is 0.410 e. The van der Waals surface area contributed by atoms with E-state index in [0.717, 1.165) is 53.0 Å². The topological polar surface area (TPSA) is 129 Å². The molecule has 11 heteroatoms. The molecule has 11 nitrogen and oxygen atoms in total. The van der Waals surface area contributed by atoms with Gasteiger partial charge in [-0.3, -0.25) is 14.6 Å². The van der Waals surface area contributed by atoms with Gasteiger partial charge in [-0.15, -0.1) is 0 Å². The number of likely N-dealkylation sites (tertiary alicyclic amines) is 2. The van der Waals surface area contributed by atoms with E-state index < -0.39 is 22.8 Å². The molecule has 3 aromatic rings. The number of carbonyl (C=O) groups excluding carboxylic acids is 3.